The molecule has 0 spiro atoms. The van der Waals surface area contributed by atoms with E-state index in [1.54, 1.807) is 7.11 Å². The largest absolute Gasteiger partial charge is 0.495 e. The standard InChI is InChI=1S/C23H29N7O/c1-17-6-5-7-18(14-17)15-29-10-12-30(13-11-29)16-21-26-22(24)28-23(27-21)25-19-8-3-4-9-20(19)31-2/h3-9,14H,10-13,15-16H2,1-2H3,(H3,24,25,26,27,28). The second-order valence-electron chi connectivity index (χ2n) is 7.80. The second-order valence-corrected chi connectivity index (χ2v) is 7.80. The summed E-state index contributed by atoms with van der Waals surface area (Å²) in [5.41, 5.74) is 9.41. The van der Waals surface area contributed by atoms with Gasteiger partial charge in [-0.05, 0) is 24.6 Å². The lowest BCUT2D eigenvalue weighted by Gasteiger charge is -2.34. The second kappa shape index (κ2) is 9.72. The van der Waals surface area contributed by atoms with Gasteiger partial charge in [0.2, 0.25) is 11.9 Å². The molecule has 0 unspecified atom stereocenters. The van der Waals surface area contributed by atoms with E-state index in [0.717, 1.165) is 38.4 Å². The molecule has 0 amide bonds. The third-order valence-corrected chi connectivity index (χ3v) is 5.37. The molecular weight excluding hydrogens is 390 g/mol. The molecule has 1 aliphatic rings. The average Bonchev–Trinajstić information content (AvgIpc) is 2.75. The van der Waals surface area contributed by atoms with Crippen LogP contribution in [0.2, 0.25) is 0 Å². The molecule has 31 heavy (non-hydrogen) atoms. The highest BCUT2D eigenvalue weighted by Crippen LogP contribution is 2.25. The van der Waals surface area contributed by atoms with Gasteiger partial charge in [-0.25, -0.2) is 0 Å². The third kappa shape index (κ3) is 5.68. The first-order valence-corrected chi connectivity index (χ1v) is 10.5. The van der Waals surface area contributed by atoms with Crippen LogP contribution in [0.3, 0.4) is 0 Å². The van der Waals surface area contributed by atoms with Gasteiger partial charge in [-0.2, -0.15) is 15.0 Å². The molecule has 1 aliphatic heterocycles. The molecule has 2 aromatic carbocycles. The molecule has 0 bridgehead atoms. The molecule has 4 rings (SSSR count). The average molecular weight is 420 g/mol. The first-order valence-electron chi connectivity index (χ1n) is 10.5. The molecule has 0 saturated carbocycles. The van der Waals surface area contributed by atoms with Crippen LogP contribution in [0.1, 0.15) is 17.0 Å². The fourth-order valence-electron chi connectivity index (χ4n) is 3.81. The van der Waals surface area contributed by atoms with Crippen LogP contribution >= 0.6 is 0 Å². The molecule has 3 aromatic rings. The Labute approximate surface area is 183 Å². The molecule has 1 saturated heterocycles. The minimum Gasteiger partial charge on any atom is -0.495 e. The van der Waals surface area contributed by atoms with Gasteiger partial charge in [0.15, 0.2) is 0 Å². The summed E-state index contributed by atoms with van der Waals surface area (Å²) in [5, 5.41) is 3.19. The van der Waals surface area contributed by atoms with E-state index < -0.39 is 0 Å². The van der Waals surface area contributed by atoms with Crippen molar-refractivity contribution in [1.29, 1.82) is 0 Å². The van der Waals surface area contributed by atoms with E-state index in [1.165, 1.54) is 11.1 Å². The highest BCUT2D eigenvalue weighted by molar-refractivity contribution is 5.62. The lowest BCUT2D eigenvalue weighted by Crippen LogP contribution is -2.45. The maximum absolute atomic E-state index is 5.95. The summed E-state index contributed by atoms with van der Waals surface area (Å²) < 4.78 is 5.38. The van der Waals surface area contributed by atoms with E-state index in [-0.39, 0.29) is 5.95 Å². The normalized spacial score (nSPS) is 15.0. The molecular formula is C23H29N7O. The van der Waals surface area contributed by atoms with Gasteiger partial charge in [0.05, 0.1) is 19.3 Å². The van der Waals surface area contributed by atoms with E-state index in [4.69, 9.17) is 10.5 Å². The number of benzene rings is 2. The highest BCUT2D eigenvalue weighted by Gasteiger charge is 2.19. The van der Waals surface area contributed by atoms with Crippen LogP contribution in [0, 0.1) is 6.92 Å². The van der Waals surface area contributed by atoms with Gasteiger partial charge in [-0.15, -0.1) is 0 Å². The van der Waals surface area contributed by atoms with Crippen LogP contribution in [0.4, 0.5) is 17.6 Å². The number of aromatic nitrogens is 3. The number of piperazine rings is 1. The van der Waals surface area contributed by atoms with Crippen molar-refractivity contribution < 1.29 is 4.74 Å². The summed E-state index contributed by atoms with van der Waals surface area (Å²) in [5.74, 6) is 2.01. The number of nitrogens with one attached hydrogen (secondary N) is 1. The van der Waals surface area contributed by atoms with Crippen LogP contribution in [-0.4, -0.2) is 58.0 Å². The van der Waals surface area contributed by atoms with E-state index in [9.17, 15) is 0 Å². The van der Waals surface area contributed by atoms with Gasteiger partial charge in [-0.1, -0.05) is 42.0 Å². The van der Waals surface area contributed by atoms with E-state index >= 15 is 0 Å². The van der Waals surface area contributed by atoms with Gasteiger partial charge in [0.25, 0.3) is 0 Å². The topological polar surface area (TPSA) is 92.4 Å². The highest BCUT2D eigenvalue weighted by atomic mass is 16.5. The lowest BCUT2D eigenvalue weighted by atomic mass is 10.1. The number of hydrogen-bond acceptors (Lipinski definition) is 8. The number of nitrogens with zero attached hydrogens (tertiary/aromatic N) is 5. The minimum atomic E-state index is 0.209. The number of ether oxygens (including phenoxy) is 1. The van der Waals surface area contributed by atoms with Crippen molar-refractivity contribution in [3.63, 3.8) is 0 Å². The van der Waals surface area contributed by atoms with Crippen molar-refractivity contribution in [2.45, 2.75) is 20.0 Å². The monoisotopic (exact) mass is 419 g/mol. The van der Waals surface area contributed by atoms with Crippen molar-refractivity contribution in [1.82, 2.24) is 24.8 Å². The molecule has 8 nitrogen and oxygen atoms in total. The quantitative estimate of drug-likeness (QED) is 0.604. The van der Waals surface area contributed by atoms with Crippen molar-refractivity contribution in [3.05, 3.63) is 65.5 Å². The zero-order chi connectivity index (χ0) is 21.6. The lowest BCUT2D eigenvalue weighted by molar-refractivity contribution is 0.120. The fourth-order valence-corrected chi connectivity index (χ4v) is 3.81. The Hall–Kier alpha value is -3.23. The number of nitrogens with two attached hydrogens (primary N) is 1. The Morgan fingerprint density at radius 2 is 1.68 bits per heavy atom. The zero-order valence-electron chi connectivity index (χ0n) is 18.1. The number of nitrogen functional groups attached to an aromatic ring is 1. The smallest absolute Gasteiger partial charge is 0.232 e. The van der Waals surface area contributed by atoms with Crippen molar-refractivity contribution >= 4 is 17.6 Å². The fraction of sp³-hybridized carbons (Fsp3) is 0.348. The molecule has 1 aromatic heterocycles. The minimum absolute atomic E-state index is 0.209. The Morgan fingerprint density at radius 3 is 2.42 bits per heavy atom. The van der Waals surface area contributed by atoms with Gasteiger partial charge < -0.3 is 15.8 Å². The van der Waals surface area contributed by atoms with Crippen molar-refractivity contribution in [2.75, 3.05) is 44.3 Å². The van der Waals surface area contributed by atoms with E-state index in [2.05, 4.69) is 61.3 Å². The first kappa shape index (κ1) is 21.0. The molecule has 0 atom stereocenters. The van der Waals surface area contributed by atoms with Crippen molar-refractivity contribution in [2.24, 2.45) is 0 Å². The van der Waals surface area contributed by atoms with Gasteiger partial charge in [0, 0.05) is 32.7 Å². The zero-order valence-corrected chi connectivity index (χ0v) is 18.1. The third-order valence-electron chi connectivity index (χ3n) is 5.37. The van der Waals surface area contributed by atoms with Crippen LogP contribution in [0.15, 0.2) is 48.5 Å². The predicted molar refractivity (Wildman–Crippen MR) is 122 cm³/mol. The van der Waals surface area contributed by atoms with E-state index in [1.807, 2.05) is 24.3 Å². The van der Waals surface area contributed by atoms with Crippen LogP contribution < -0.4 is 15.8 Å². The predicted octanol–water partition coefficient (Wildman–Crippen LogP) is 2.83. The van der Waals surface area contributed by atoms with Gasteiger partial charge in [0.1, 0.15) is 11.6 Å². The van der Waals surface area contributed by atoms with Crippen LogP contribution in [0.25, 0.3) is 0 Å². The molecule has 0 aliphatic carbocycles. The molecule has 3 N–H and O–H groups in total. The number of methoxy groups -OCH3 is 1. The number of para-hydroxylation sites is 2. The maximum atomic E-state index is 5.95. The summed E-state index contributed by atoms with van der Waals surface area (Å²) in [6.45, 7) is 7.73. The molecule has 2 heterocycles. The summed E-state index contributed by atoms with van der Waals surface area (Å²) >= 11 is 0. The SMILES string of the molecule is COc1ccccc1Nc1nc(N)nc(CN2CCN(Cc3cccc(C)c3)CC2)n1. The maximum Gasteiger partial charge on any atom is 0.232 e. The van der Waals surface area contributed by atoms with Gasteiger partial charge in [-0.3, -0.25) is 9.80 Å². The Kier molecular flexibility index (Phi) is 6.59. The summed E-state index contributed by atoms with van der Waals surface area (Å²) in [6.07, 6.45) is 0. The number of anilines is 3. The summed E-state index contributed by atoms with van der Waals surface area (Å²) in [4.78, 5) is 18.0. The summed E-state index contributed by atoms with van der Waals surface area (Å²) in [6, 6.07) is 16.3. The van der Waals surface area contributed by atoms with Gasteiger partial charge >= 0.3 is 0 Å². The van der Waals surface area contributed by atoms with Crippen LogP contribution in [0.5, 0.6) is 5.75 Å². The molecule has 162 valence electrons. The Bertz CT molecular complexity index is 1020. The Morgan fingerprint density at radius 1 is 0.935 bits per heavy atom. The number of hydrogen-bond donors (Lipinski definition) is 2. The first-order chi connectivity index (χ1) is 15.1. The molecule has 8 heteroatoms. The van der Waals surface area contributed by atoms with Crippen molar-refractivity contribution in [3.8, 4) is 5.75 Å². The Balaban J connectivity index is 1.35. The summed E-state index contributed by atoms with van der Waals surface area (Å²) in [7, 11) is 1.63. The number of aryl methyl sites for hydroxylation is 1. The van der Waals surface area contributed by atoms with E-state index in [0.29, 0.717) is 24.1 Å². The molecule has 0 radical (unpaired) electrons. The molecule has 1 fully saturated rings. The number of rotatable bonds is 7. The van der Waals surface area contributed by atoms with Crippen LogP contribution in [-0.2, 0) is 13.1 Å².